The van der Waals surface area contributed by atoms with Gasteiger partial charge in [0.25, 0.3) is 0 Å². The fourth-order valence-electron chi connectivity index (χ4n) is 2.65. The highest BCUT2D eigenvalue weighted by atomic mass is 16.5. The van der Waals surface area contributed by atoms with Gasteiger partial charge >= 0.3 is 11.9 Å². The Kier molecular flexibility index (Phi) is 24.9. The van der Waals surface area contributed by atoms with E-state index in [0.717, 1.165) is 11.1 Å². The molecule has 0 aliphatic rings. The van der Waals surface area contributed by atoms with Crippen molar-refractivity contribution in [1.82, 2.24) is 10.2 Å². The van der Waals surface area contributed by atoms with Crippen LogP contribution >= 0.6 is 0 Å². The number of nitrogens with one attached hydrogen (secondary N) is 1. The molecular formula is C34H38N6O4. The van der Waals surface area contributed by atoms with Crippen molar-refractivity contribution in [3.8, 4) is 24.3 Å². The molecule has 44 heavy (non-hydrogen) atoms. The van der Waals surface area contributed by atoms with Crippen LogP contribution in [0.3, 0.4) is 0 Å². The first kappa shape index (κ1) is 40.2. The lowest BCUT2D eigenvalue weighted by atomic mass is 10.2. The second-order valence-electron chi connectivity index (χ2n) is 8.21. The Morgan fingerprint density at radius 1 is 0.773 bits per heavy atom. The highest BCUT2D eigenvalue weighted by Crippen LogP contribution is 2.02. The zero-order chi connectivity index (χ0) is 32.1. The molecule has 228 valence electrons. The van der Waals surface area contributed by atoms with Crippen LogP contribution < -0.4 is 5.32 Å². The molecule has 0 radical (unpaired) electrons. The number of allylic oxidation sites excluding steroid dienone is 7. The predicted octanol–water partition coefficient (Wildman–Crippen LogP) is 5.27. The molecule has 0 aliphatic carbocycles. The van der Waals surface area contributed by atoms with E-state index in [4.69, 9.17) is 30.5 Å². The van der Waals surface area contributed by atoms with Gasteiger partial charge in [0.15, 0.2) is 0 Å². The third-order valence-electron chi connectivity index (χ3n) is 4.73. The number of nitriles is 4. The van der Waals surface area contributed by atoms with E-state index < -0.39 is 0 Å². The molecule has 0 saturated carbocycles. The van der Waals surface area contributed by atoms with Crippen LogP contribution in [0.25, 0.3) is 0 Å². The summed E-state index contributed by atoms with van der Waals surface area (Å²) in [5.41, 5.74) is 2.08. The first-order valence-corrected chi connectivity index (χ1v) is 12.9. The van der Waals surface area contributed by atoms with Gasteiger partial charge < -0.3 is 19.7 Å². The Morgan fingerprint density at radius 3 is 1.61 bits per heavy atom. The predicted molar refractivity (Wildman–Crippen MR) is 168 cm³/mol. The molecule has 10 nitrogen and oxygen atoms in total. The number of nitrogens with zero attached hydrogens (tertiary/aromatic N) is 5. The molecule has 0 spiro atoms. The Balaban J connectivity index is 0. The van der Waals surface area contributed by atoms with Crippen LogP contribution in [0.2, 0.25) is 0 Å². The van der Waals surface area contributed by atoms with Crippen molar-refractivity contribution < 1.29 is 19.1 Å². The van der Waals surface area contributed by atoms with E-state index in [1.807, 2.05) is 67.6 Å². The van der Waals surface area contributed by atoms with Crippen molar-refractivity contribution in [2.45, 2.75) is 27.6 Å². The summed E-state index contributed by atoms with van der Waals surface area (Å²) in [6.07, 6.45) is 9.40. The van der Waals surface area contributed by atoms with Gasteiger partial charge in [0.2, 0.25) is 0 Å². The quantitative estimate of drug-likeness (QED) is 0.206. The van der Waals surface area contributed by atoms with Crippen LogP contribution in [0.1, 0.15) is 25.5 Å². The van der Waals surface area contributed by atoms with Gasteiger partial charge in [-0.1, -0.05) is 80.2 Å². The SMILES string of the molecule is C.C/C=C/C=C(C#N)C#N.CN(/C=C/C=C(C#N)C#N)CC(=O)OCc1ccccc1.CNCC(=O)OCc1ccccc1. The zero-order valence-electron chi connectivity index (χ0n) is 24.4. The maximum absolute atomic E-state index is 11.6. The smallest absolute Gasteiger partial charge is 0.325 e. The summed E-state index contributed by atoms with van der Waals surface area (Å²) in [5, 5.41) is 36.2. The molecule has 0 amide bonds. The summed E-state index contributed by atoms with van der Waals surface area (Å²) >= 11 is 0. The number of rotatable bonds is 11. The fourth-order valence-corrected chi connectivity index (χ4v) is 2.65. The first-order chi connectivity index (χ1) is 20.8. The molecule has 0 saturated heterocycles. The summed E-state index contributed by atoms with van der Waals surface area (Å²) < 4.78 is 10.1. The molecule has 2 aromatic carbocycles. The van der Waals surface area contributed by atoms with Gasteiger partial charge in [-0.2, -0.15) is 21.0 Å². The van der Waals surface area contributed by atoms with Crippen molar-refractivity contribution >= 4 is 11.9 Å². The van der Waals surface area contributed by atoms with E-state index in [1.165, 1.54) is 18.2 Å². The monoisotopic (exact) mass is 594 g/mol. The number of hydrogen-bond donors (Lipinski definition) is 1. The minimum atomic E-state index is -0.351. The Bertz CT molecular complexity index is 1370. The lowest BCUT2D eigenvalue weighted by molar-refractivity contribution is -0.145. The summed E-state index contributed by atoms with van der Waals surface area (Å²) in [5.74, 6) is -0.581. The van der Waals surface area contributed by atoms with Gasteiger partial charge in [0.1, 0.15) is 55.2 Å². The minimum absolute atomic E-state index is 0. The largest absolute Gasteiger partial charge is 0.460 e. The zero-order valence-corrected chi connectivity index (χ0v) is 24.4. The number of carbonyl (C=O) groups is 2. The molecule has 0 atom stereocenters. The number of carbonyl (C=O) groups excluding carboxylic acids is 2. The summed E-state index contributed by atoms with van der Waals surface area (Å²) in [6, 6.07) is 26.0. The minimum Gasteiger partial charge on any atom is -0.460 e. The Hall–Kier alpha value is -5.94. The van der Waals surface area contributed by atoms with Crippen LogP contribution in [0.15, 0.2) is 108 Å². The van der Waals surface area contributed by atoms with Crippen LogP contribution in [-0.4, -0.2) is 44.0 Å². The average Bonchev–Trinajstić information content (AvgIpc) is 3.03. The van der Waals surface area contributed by atoms with Crippen LogP contribution in [-0.2, 0) is 32.3 Å². The van der Waals surface area contributed by atoms with Crippen molar-refractivity contribution in [3.05, 3.63) is 120 Å². The standard InChI is InChI=1S/C16H15N3O2.C10H13NO2.C7H6N2.CH4/c1-19(9-5-8-15(10-17)11-18)12-16(20)21-13-14-6-3-2-4-7-14;1-11-7-10(12)13-8-9-5-3-2-4-6-9;1-2-3-4-7(5-8)6-9;/h2-9H,12-13H2,1H3;2-6,11H,7-8H2,1H3;2-4H,1H3;1H4/b9-5+;;3-2+;. The number of benzene rings is 2. The lowest BCUT2D eigenvalue weighted by Crippen LogP contribution is -2.22. The van der Waals surface area contributed by atoms with Gasteiger partial charge in [-0.05, 0) is 49.5 Å². The van der Waals surface area contributed by atoms with E-state index in [-0.39, 0.29) is 50.2 Å². The molecule has 0 bridgehead atoms. The molecule has 0 heterocycles. The van der Waals surface area contributed by atoms with E-state index >= 15 is 0 Å². The summed E-state index contributed by atoms with van der Waals surface area (Å²) in [7, 11) is 3.41. The topological polar surface area (TPSA) is 163 Å². The van der Waals surface area contributed by atoms with Crippen LogP contribution in [0, 0.1) is 45.3 Å². The maximum atomic E-state index is 11.6. The second kappa shape index (κ2) is 27.2. The first-order valence-electron chi connectivity index (χ1n) is 12.9. The highest BCUT2D eigenvalue weighted by Gasteiger charge is 2.05. The van der Waals surface area contributed by atoms with Crippen molar-refractivity contribution in [1.29, 1.82) is 21.0 Å². The molecule has 0 fully saturated rings. The van der Waals surface area contributed by atoms with E-state index in [0.29, 0.717) is 6.61 Å². The summed E-state index contributed by atoms with van der Waals surface area (Å²) in [4.78, 5) is 24.2. The van der Waals surface area contributed by atoms with Gasteiger partial charge in [-0.15, -0.1) is 0 Å². The summed E-state index contributed by atoms with van der Waals surface area (Å²) in [6.45, 7) is 2.76. The molecule has 10 heteroatoms. The number of ether oxygens (including phenoxy) is 2. The van der Waals surface area contributed by atoms with Gasteiger partial charge in [-0.3, -0.25) is 9.59 Å². The van der Waals surface area contributed by atoms with E-state index in [9.17, 15) is 9.59 Å². The Morgan fingerprint density at radius 2 is 1.20 bits per heavy atom. The van der Waals surface area contributed by atoms with Crippen LogP contribution in [0.5, 0.6) is 0 Å². The number of esters is 2. The van der Waals surface area contributed by atoms with Gasteiger partial charge in [0.05, 0.1) is 6.54 Å². The van der Waals surface area contributed by atoms with E-state index in [2.05, 4.69) is 5.32 Å². The molecule has 2 aromatic rings. The second-order valence-corrected chi connectivity index (χ2v) is 8.21. The third-order valence-corrected chi connectivity index (χ3v) is 4.73. The van der Waals surface area contributed by atoms with Gasteiger partial charge in [0, 0.05) is 7.05 Å². The van der Waals surface area contributed by atoms with Crippen LogP contribution in [0.4, 0.5) is 0 Å². The number of hydrogen-bond acceptors (Lipinski definition) is 10. The lowest BCUT2D eigenvalue weighted by Gasteiger charge is -2.12. The average molecular weight is 595 g/mol. The van der Waals surface area contributed by atoms with Gasteiger partial charge in [-0.25, -0.2) is 0 Å². The molecule has 0 aliphatic heterocycles. The molecule has 2 rings (SSSR count). The van der Waals surface area contributed by atoms with Crippen molar-refractivity contribution in [2.75, 3.05) is 27.2 Å². The van der Waals surface area contributed by atoms with Crippen molar-refractivity contribution in [3.63, 3.8) is 0 Å². The third kappa shape index (κ3) is 21.8. The number of likely N-dealkylation sites (N-methyl/N-ethyl adjacent to an activating group) is 2. The highest BCUT2D eigenvalue weighted by molar-refractivity contribution is 5.72. The maximum Gasteiger partial charge on any atom is 0.325 e. The Labute approximate surface area is 260 Å². The molecule has 1 N–H and O–H groups in total. The van der Waals surface area contributed by atoms with E-state index in [1.54, 1.807) is 61.6 Å². The molecule has 0 unspecified atom stereocenters. The van der Waals surface area contributed by atoms with Crippen molar-refractivity contribution in [2.24, 2.45) is 0 Å². The normalized spacial score (nSPS) is 8.98. The molecular weight excluding hydrogens is 556 g/mol. The molecule has 0 aromatic heterocycles. The fraction of sp³-hybridized carbons (Fsp3) is 0.235.